The Hall–Kier alpha value is -2.08. The predicted molar refractivity (Wildman–Crippen MR) is 93.4 cm³/mol. The third-order valence-electron chi connectivity index (χ3n) is 5.45. The van der Waals surface area contributed by atoms with E-state index in [1.165, 1.54) is 0 Å². The molecule has 1 aromatic rings. The fourth-order valence-corrected chi connectivity index (χ4v) is 4.13. The van der Waals surface area contributed by atoms with E-state index in [1.807, 2.05) is 42.3 Å². The molecule has 136 valence electrons. The minimum atomic E-state index is -1.04. The number of amides is 1. The van der Waals surface area contributed by atoms with E-state index in [-0.39, 0.29) is 18.4 Å². The highest BCUT2D eigenvalue weighted by molar-refractivity contribution is 5.87. The number of nitrogens with zero attached hydrogens (tertiary/aromatic N) is 2. The van der Waals surface area contributed by atoms with Gasteiger partial charge in [0.2, 0.25) is 0 Å². The molecule has 2 unspecified atom stereocenters. The summed E-state index contributed by atoms with van der Waals surface area (Å²) in [6.07, 6.45) is 0.798. The SMILES string of the molecule is CN1CCC2CN(C(=O)C(C)(C)Oc3ccccc3)CC2(C(=O)O)C1. The zero-order chi connectivity index (χ0) is 18.2. The Kier molecular flexibility index (Phi) is 4.49. The second-order valence-electron chi connectivity index (χ2n) is 7.80. The largest absolute Gasteiger partial charge is 0.481 e. The fraction of sp³-hybridized carbons (Fsp3) is 0.579. The Labute approximate surface area is 148 Å². The van der Waals surface area contributed by atoms with Crippen LogP contribution in [0.3, 0.4) is 0 Å². The zero-order valence-electron chi connectivity index (χ0n) is 15.1. The molecular weight excluding hydrogens is 320 g/mol. The van der Waals surface area contributed by atoms with E-state index in [9.17, 15) is 14.7 Å². The summed E-state index contributed by atoms with van der Waals surface area (Å²) in [5.41, 5.74) is -1.91. The quantitative estimate of drug-likeness (QED) is 0.899. The molecule has 1 N–H and O–H groups in total. The number of rotatable bonds is 4. The summed E-state index contributed by atoms with van der Waals surface area (Å²) in [5, 5.41) is 9.86. The number of carbonyl (C=O) groups is 2. The molecule has 2 saturated heterocycles. The van der Waals surface area contributed by atoms with Gasteiger partial charge in [0.15, 0.2) is 5.60 Å². The molecule has 25 heavy (non-hydrogen) atoms. The van der Waals surface area contributed by atoms with Crippen molar-refractivity contribution in [2.75, 3.05) is 33.2 Å². The first-order chi connectivity index (χ1) is 11.7. The molecule has 3 rings (SSSR count). The molecule has 0 spiro atoms. The van der Waals surface area contributed by atoms with Crippen molar-refractivity contribution in [3.05, 3.63) is 30.3 Å². The molecular formula is C19H26N2O4. The smallest absolute Gasteiger partial charge is 0.313 e. The Bertz CT molecular complexity index is 661. The lowest BCUT2D eigenvalue weighted by Gasteiger charge is -2.39. The number of benzene rings is 1. The van der Waals surface area contributed by atoms with Crippen molar-refractivity contribution in [3.63, 3.8) is 0 Å². The number of carbonyl (C=O) groups excluding carboxylic acids is 1. The van der Waals surface area contributed by atoms with E-state index in [0.29, 0.717) is 18.8 Å². The van der Waals surface area contributed by atoms with Gasteiger partial charge in [-0.25, -0.2) is 0 Å². The van der Waals surface area contributed by atoms with Gasteiger partial charge in [-0.2, -0.15) is 0 Å². The summed E-state index contributed by atoms with van der Waals surface area (Å²) in [4.78, 5) is 28.8. The molecule has 0 bridgehead atoms. The van der Waals surface area contributed by atoms with Gasteiger partial charge in [0.05, 0.1) is 0 Å². The maximum atomic E-state index is 13.1. The van der Waals surface area contributed by atoms with Crippen molar-refractivity contribution in [2.45, 2.75) is 25.9 Å². The molecule has 0 aromatic heterocycles. The fourth-order valence-electron chi connectivity index (χ4n) is 4.13. The van der Waals surface area contributed by atoms with Crippen LogP contribution >= 0.6 is 0 Å². The molecule has 2 fully saturated rings. The third-order valence-corrected chi connectivity index (χ3v) is 5.45. The topological polar surface area (TPSA) is 70.1 Å². The summed E-state index contributed by atoms with van der Waals surface area (Å²) in [5.74, 6) is -0.335. The van der Waals surface area contributed by atoms with Gasteiger partial charge in [-0.05, 0) is 51.9 Å². The highest BCUT2D eigenvalue weighted by Crippen LogP contribution is 2.43. The summed E-state index contributed by atoms with van der Waals surface area (Å²) in [6, 6.07) is 9.23. The molecule has 1 amide bonds. The van der Waals surface area contributed by atoms with E-state index in [1.54, 1.807) is 18.7 Å². The van der Waals surface area contributed by atoms with Crippen LogP contribution in [0.25, 0.3) is 0 Å². The first kappa shape index (κ1) is 17.7. The lowest BCUT2D eigenvalue weighted by Crippen LogP contribution is -2.53. The van der Waals surface area contributed by atoms with Crippen LogP contribution in [0.2, 0.25) is 0 Å². The first-order valence-corrected chi connectivity index (χ1v) is 8.70. The van der Waals surface area contributed by atoms with Crippen LogP contribution in [0.15, 0.2) is 30.3 Å². The lowest BCUT2D eigenvalue weighted by molar-refractivity contribution is -0.154. The van der Waals surface area contributed by atoms with E-state index >= 15 is 0 Å². The molecule has 0 saturated carbocycles. The zero-order valence-corrected chi connectivity index (χ0v) is 15.1. The van der Waals surface area contributed by atoms with Crippen LogP contribution in [-0.2, 0) is 9.59 Å². The van der Waals surface area contributed by atoms with E-state index in [0.717, 1.165) is 13.0 Å². The molecule has 2 aliphatic rings. The predicted octanol–water partition coefficient (Wildman–Crippen LogP) is 1.71. The summed E-state index contributed by atoms with van der Waals surface area (Å²) < 4.78 is 5.89. The van der Waals surface area contributed by atoms with Crippen LogP contribution in [0.4, 0.5) is 0 Å². The Morgan fingerprint density at radius 2 is 1.92 bits per heavy atom. The van der Waals surface area contributed by atoms with Crippen LogP contribution in [-0.4, -0.2) is 65.6 Å². The number of hydrogen-bond acceptors (Lipinski definition) is 4. The average molecular weight is 346 g/mol. The number of para-hydroxylation sites is 1. The molecule has 6 nitrogen and oxygen atoms in total. The second-order valence-corrected chi connectivity index (χ2v) is 7.80. The van der Waals surface area contributed by atoms with E-state index in [2.05, 4.69) is 0 Å². The summed E-state index contributed by atoms with van der Waals surface area (Å²) in [7, 11) is 1.94. The molecule has 2 heterocycles. The molecule has 6 heteroatoms. The first-order valence-electron chi connectivity index (χ1n) is 8.70. The van der Waals surface area contributed by atoms with Gasteiger partial charge in [0.25, 0.3) is 5.91 Å². The molecule has 0 radical (unpaired) electrons. The number of ether oxygens (including phenoxy) is 1. The highest BCUT2D eigenvalue weighted by atomic mass is 16.5. The van der Waals surface area contributed by atoms with Crippen LogP contribution in [0.5, 0.6) is 5.75 Å². The number of carboxylic acids is 1. The maximum absolute atomic E-state index is 13.1. The number of piperidine rings is 1. The number of hydrogen-bond donors (Lipinski definition) is 1. The highest BCUT2D eigenvalue weighted by Gasteiger charge is 2.56. The van der Waals surface area contributed by atoms with Crippen LogP contribution in [0.1, 0.15) is 20.3 Å². The Morgan fingerprint density at radius 1 is 1.24 bits per heavy atom. The third kappa shape index (κ3) is 3.23. The average Bonchev–Trinajstić information content (AvgIpc) is 2.94. The van der Waals surface area contributed by atoms with E-state index in [4.69, 9.17) is 4.74 Å². The van der Waals surface area contributed by atoms with E-state index < -0.39 is 17.0 Å². The van der Waals surface area contributed by atoms with Gasteiger partial charge in [0, 0.05) is 19.6 Å². The van der Waals surface area contributed by atoms with Gasteiger partial charge < -0.3 is 19.6 Å². The van der Waals surface area contributed by atoms with Gasteiger partial charge in [-0.1, -0.05) is 18.2 Å². The van der Waals surface area contributed by atoms with Gasteiger partial charge in [-0.3, -0.25) is 9.59 Å². The van der Waals surface area contributed by atoms with Crippen LogP contribution in [0, 0.1) is 11.3 Å². The number of aliphatic carboxylic acids is 1. The molecule has 2 atom stereocenters. The van der Waals surface area contributed by atoms with Crippen molar-refractivity contribution < 1.29 is 19.4 Å². The molecule has 1 aromatic carbocycles. The standard InChI is InChI=1S/C19H26N2O4/c1-18(2,25-15-7-5-4-6-8-15)16(22)21-11-14-9-10-20(3)12-19(14,13-21)17(23)24/h4-8,14H,9-13H2,1-3H3,(H,23,24). The number of carboxylic acid groups (broad SMARTS) is 1. The monoisotopic (exact) mass is 346 g/mol. The van der Waals surface area contributed by atoms with Crippen molar-refractivity contribution in [2.24, 2.45) is 11.3 Å². The van der Waals surface area contributed by atoms with Crippen LogP contribution < -0.4 is 4.74 Å². The van der Waals surface area contributed by atoms with Gasteiger partial charge in [0.1, 0.15) is 11.2 Å². The Morgan fingerprint density at radius 3 is 2.56 bits per heavy atom. The minimum absolute atomic E-state index is 0.00215. The van der Waals surface area contributed by atoms with Crippen molar-refractivity contribution in [3.8, 4) is 5.75 Å². The van der Waals surface area contributed by atoms with Crippen molar-refractivity contribution in [1.82, 2.24) is 9.80 Å². The van der Waals surface area contributed by atoms with Gasteiger partial charge in [-0.15, -0.1) is 0 Å². The molecule has 0 aliphatic carbocycles. The van der Waals surface area contributed by atoms with Crippen molar-refractivity contribution >= 4 is 11.9 Å². The normalized spacial score (nSPS) is 27.0. The minimum Gasteiger partial charge on any atom is -0.481 e. The summed E-state index contributed by atoms with van der Waals surface area (Å²) >= 11 is 0. The lowest BCUT2D eigenvalue weighted by atomic mass is 9.73. The molecule has 2 aliphatic heterocycles. The maximum Gasteiger partial charge on any atom is 0.313 e. The van der Waals surface area contributed by atoms with Gasteiger partial charge >= 0.3 is 5.97 Å². The Balaban J connectivity index is 1.78. The number of likely N-dealkylation sites (tertiary alicyclic amines) is 2. The second kappa shape index (κ2) is 6.33. The van der Waals surface area contributed by atoms with Crippen molar-refractivity contribution in [1.29, 1.82) is 0 Å². The number of fused-ring (bicyclic) bond motifs is 1. The summed E-state index contributed by atoms with van der Waals surface area (Å²) in [6.45, 7) is 5.56.